The third-order valence-electron chi connectivity index (χ3n) is 3.31. The van der Waals surface area contributed by atoms with Crippen LogP contribution in [-0.4, -0.2) is 27.2 Å². The van der Waals surface area contributed by atoms with Crippen molar-refractivity contribution >= 4 is 11.6 Å². The average molecular weight is 359 g/mol. The molecule has 0 aromatic heterocycles. The quantitative estimate of drug-likeness (QED) is 0.656. The highest BCUT2D eigenvalue weighted by Gasteiger charge is 2.30. The Hall–Kier alpha value is -2.97. The number of hydrogen-bond acceptors (Lipinski definition) is 4. The minimum absolute atomic E-state index is 0.0173. The van der Waals surface area contributed by atoms with Gasteiger partial charge in [0.2, 0.25) is 11.6 Å². The fraction of sp³-hybridized carbons (Fsp3) is 0.188. The van der Waals surface area contributed by atoms with Crippen molar-refractivity contribution in [3.63, 3.8) is 0 Å². The van der Waals surface area contributed by atoms with Crippen LogP contribution in [0.5, 0.6) is 17.2 Å². The van der Waals surface area contributed by atoms with Crippen molar-refractivity contribution in [2.75, 3.05) is 26.6 Å². The maximum Gasteiger partial charge on any atom is 0.261 e. The summed E-state index contributed by atoms with van der Waals surface area (Å²) >= 11 is 0. The first-order chi connectivity index (χ1) is 11.8. The fourth-order valence-electron chi connectivity index (χ4n) is 2.08. The summed E-state index contributed by atoms with van der Waals surface area (Å²) in [6.07, 6.45) is 0. The molecule has 0 saturated heterocycles. The average Bonchev–Trinajstić information content (AvgIpc) is 2.61. The van der Waals surface area contributed by atoms with Crippen molar-refractivity contribution in [2.24, 2.45) is 0 Å². The molecule has 5 nitrogen and oxygen atoms in total. The molecule has 0 fully saturated rings. The lowest BCUT2D eigenvalue weighted by molar-refractivity contribution is 0.101. The zero-order chi connectivity index (χ0) is 18.7. The summed E-state index contributed by atoms with van der Waals surface area (Å²) in [6, 6.07) is 4.18. The highest BCUT2D eigenvalue weighted by atomic mass is 19.2. The number of amides is 1. The predicted molar refractivity (Wildman–Crippen MR) is 80.3 cm³/mol. The molecule has 2 aromatic rings. The second kappa shape index (κ2) is 7.29. The van der Waals surface area contributed by atoms with Gasteiger partial charge < -0.3 is 19.5 Å². The van der Waals surface area contributed by atoms with E-state index in [1.165, 1.54) is 32.4 Å². The monoisotopic (exact) mass is 359 g/mol. The van der Waals surface area contributed by atoms with Crippen molar-refractivity contribution in [3.05, 3.63) is 47.0 Å². The molecule has 0 radical (unpaired) electrons. The lowest BCUT2D eigenvalue weighted by atomic mass is 10.1. The maximum atomic E-state index is 14.0. The van der Waals surface area contributed by atoms with Crippen molar-refractivity contribution < 1.29 is 36.6 Å². The molecule has 1 amide bonds. The van der Waals surface area contributed by atoms with Gasteiger partial charge in [-0.3, -0.25) is 4.79 Å². The third-order valence-corrected chi connectivity index (χ3v) is 3.31. The van der Waals surface area contributed by atoms with Crippen LogP contribution in [0.2, 0.25) is 0 Å². The number of anilines is 1. The van der Waals surface area contributed by atoms with Gasteiger partial charge in [-0.2, -0.15) is 8.78 Å². The Morgan fingerprint density at radius 1 is 0.880 bits per heavy atom. The molecule has 0 aliphatic rings. The van der Waals surface area contributed by atoms with Crippen molar-refractivity contribution in [1.29, 1.82) is 0 Å². The van der Waals surface area contributed by atoms with Gasteiger partial charge in [-0.25, -0.2) is 8.78 Å². The summed E-state index contributed by atoms with van der Waals surface area (Å²) in [5.74, 6) is -9.52. The molecule has 134 valence electrons. The number of nitrogens with one attached hydrogen (secondary N) is 1. The Kier molecular flexibility index (Phi) is 5.35. The molecule has 0 saturated carbocycles. The van der Waals surface area contributed by atoms with E-state index in [2.05, 4.69) is 10.1 Å². The topological polar surface area (TPSA) is 56.8 Å². The first-order valence-electron chi connectivity index (χ1n) is 6.79. The minimum Gasteiger partial charge on any atom is -0.497 e. The molecule has 2 rings (SSSR count). The molecule has 0 aliphatic carbocycles. The molecule has 0 spiro atoms. The first-order valence-corrected chi connectivity index (χ1v) is 6.79. The number of benzene rings is 2. The van der Waals surface area contributed by atoms with Gasteiger partial charge in [0.1, 0.15) is 17.1 Å². The summed E-state index contributed by atoms with van der Waals surface area (Å²) in [7, 11) is 3.53. The van der Waals surface area contributed by atoms with Crippen LogP contribution in [0.4, 0.5) is 23.2 Å². The summed E-state index contributed by atoms with van der Waals surface area (Å²) in [6.45, 7) is 0. The van der Waals surface area contributed by atoms with Crippen LogP contribution in [0.1, 0.15) is 10.4 Å². The van der Waals surface area contributed by atoms with Gasteiger partial charge >= 0.3 is 0 Å². The second-order valence-electron chi connectivity index (χ2n) is 4.68. The SMILES string of the molecule is COc1ccc(NC(=O)c2c(F)c(F)c(OC)c(F)c2F)c(OC)c1. The zero-order valence-corrected chi connectivity index (χ0v) is 13.4. The van der Waals surface area contributed by atoms with E-state index in [-0.39, 0.29) is 11.4 Å². The lowest BCUT2D eigenvalue weighted by Crippen LogP contribution is -2.19. The molecule has 9 heteroatoms. The van der Waals surface area contributed by atoms with Gasteiger partial charge in [-0.15, -0.1) is 0 Å². The normalized spacial score (nSPS) is 10.4. The molecular formula is C16H13F4NO4. The summed E-state index contributed by atoms with van der Waals surface area (Å²) in [5.41, 5.74) is -1.41. The predicted octanol–water partition coefficient (Wildman–Crippen LogP) is 3.52. The summed E-state index contributed by atoms with van der Waals surface area (Å²) in [5, 5.41) is 2.13. The fourth-order valence-corrected chi connectivity index (χ4v) is 2.08. The van der Waals surface area contributed by atoms with Crippen LogP contribution >= 0.6 is 0 Å². The number of halogens is 4. The molecule has 25 heavy (non-hydrogen) atoms. The van der Waals surface area contributed by atoms with Crippen LogP contribution < -0.4 is 19.5 Å². The minimum atomic E-state index is -1.87. The molecule has 2 aromatic carbocycles. The van der Waals surface area contributed by atoms with Crippen LogP contribution in [-0.2, 0) is 0 Å². The Balaban J connectivity index is 2.46. The molecule has 1 N–H and O–H groups in total. The van der Waals surface area contributed by atoms with Crippen LogP contribution in [0.25, 0.3) is 0 Å². The van der Waals surface area contributed by atoms with Gasteiger partial charge in [0.05, 0.1) is 27.0 Å². The van der Waals surface area contributed by atoms with E-state index >= 15 is 0 Å². The summed E-state index contributed by atoms with van der Waals surface area (Å²) < 4.78 is 69.6. The van der Waals surface area contributed by atoms with Gasteiger partial charge in [0.25, 0.3) is 5.91 Å². The highest BCUT2D eigenvalue weighted by Crippen LogP contribution is 2.32. The molecule has 0 bridgehead atoms. The number of rotatable bonds is 5. The van der Waals surface area contributed by atoms with Gasteiger partial charge in [0.15, 0.2) is 17.4 Å². The first kappa shape index (κ1) is 18.4. The van der Waals surface area contributed by atoms with Crippen LogP contribution in [0, 0.1) is 23.3 Å². The number of carbonyl (C=O) groups excluding carboxylic acids is 1. The molecular weight excluding hydrogens is 346 g/mol. The number of methoxy groups -OCH3 is 3. The number of ether oxygens (including phenoxy) is 3. The smallest absolute Gasteiger partial charge is 0.261 e. The molecule has 0 heterocycles. The Morgan fingerprint density at radius 3 is 1.96 bits per heavy atom. The number of carbonyl (C=O) groups is 1. The van der Waals surface area contributed by atoms with Crippen LogP contribution in [0.15, 0.2) is 18.2 Å². The standard InChI is InChI=1S/C16H13F4NO4/c1-23-7-4-5-8(9(6-7)24-2)21-16(22)10-11(17)13(19)15(25-3)14(20)12(10)18/h4-6H,1-3H3,(H,21,22). The summed E-state index contributed by atoms with van der Waals surface area (Å²) in [4.78, 5) is 12.1. The lowest BCUT2D eigenvalue weighted by Gasteiger charge is -2.13. The zero-order valence-electron chi connectivity index (χ0n) is 13.4. The third kappa shape index (κ3) is 3.30. The van der Waals surface area contributed by atoms with Crippen molar-refractivity contribution in [1.82, 2.24) is 0 Å². The Morgan fingerprint density at radius 2 is 1.48 bits per heavy atom. The van der Waals surface area contributed by atoms with Gasteiger partial charge in [0, 0.05) is 6.07 Å². The van der Waals surface area contributed by atoms with Crippen LogP contribution in [0.3, 0.4) is 0 Å². The maximum absolute atomic E-state index is 14.0. The largest absolute Gasteiger partial charge is 0.497 e. The second-order valence-corrected chi connectivity index (χ2v) is 4.68. The van der Waals surface area contributed by atoms with E-state index in [1.54, 1.807) is 0 Å². The van der Waals surface area contributed by atoms with E-state index in [0.717, 1.165) is 7.11 Å². The molecule has 0 unspecified atom stereocenters. The van der Waals surface area contributed by atoms with E-state index in [9.17, 15) is 22.4 Å². The molecule has 0 atom stereocenters. The Bertz CT molecular complexity index is 797. The van der Waals surface area contributed by atoms with E-state index in [0.29, 0.717) is 5.75 Å². The molecule has 0 aliphatic heterocycles. The van der Waals surface area contributed by atoms with Crippen molar-refractivity contribution in [2.45, 2.75) is 0 Å². The van der Waals surface area contributed by atoms with E-state index in [4.69, 9.17) is 9.47 Å². The highest BCUT2D eigenvalue weighted by molar-refractivity contribution is 6.05. The van der Waals surface area contributed by atoms with E-state index < -0.39 is 40.5 Å². The van der Waals surface area contributed by atoms with E-state index in [1.807, 2.05) is 0 Å². The van der Waals surface area contributed by atoms with Gasteiger partial charge in [-0.05, 0) is 12.1 Å². The Labute approximate surface area is 140 Å². The number of hydrogen-bond donors (Lipinski definition) is 1. The van der Waals surface area contributed by atoms with Crippen molar-refractivity contribution in [3.8, 4) is 17.2 Å². The van der Waals surface area contributed by atoms with Gasteiger partial charge in [-0.1, -0.05) is 0 Å².